The number of nitrogens with two attached hydrogens (primary N) is 1. The second-order valence-electron chi connectivity index (χ2n) is 5.42. The van der Waals surface area contributed by atoms with Crippen LogP contribution in [0.25, 0.3) is 0 Å². The average molecular weight is 354 g/mol. The Morgan fingerprint density at radius 1 is 1.52 bits per heavy atom. The predicted molar refractivity (Wildman–Crippen MR) is 93.0 cm³/mol. The van der Waals surface area contributed by atoms with Gasteiger partial charge in [0, 0.05) is 18.6 Å². The summed E-state index contributed by atoms with van der Waals surface area (Å²) in [6, 6.07) is 4.35. The van der Waals surface area contributed by atoms with Crippen molar-refractivity contribution in [2.24, 2.45) is 5.73 Å². The maximum atomic E-state index is 10.9. The molecule has 2 N–H and O–H groups in total. The monoisotopic (exact) mass is 354 g/mol. The zero-order valence-electron chi connectivity index (χ0n) is 15.1. The Morgan fingerprint density at radius 3 is 2.72 bits per heavy atom. The number of nitro groups is 1. The highest BCUT2D eigenvalue weighted by atomic mass is 16.8. The lowest BCUT2D eigenvalue weighted by atomic mass is 10.2. The van der Waals surface area contributed by atoms with Crippen molar-refractivity contribution < 1.29 is 23.9 Å². The second kappa shape index (κ2) is 9.36. The van der Waals surface area contributed by atoms with Crippen LogP contribution in [-0.2, 0) is 20.8 Å². The molecule has 8 heteroatoms. The van der Waals surface area contributed by atoms with E-state index in [1.54, 1.807) is 19.9 Å². The molecule has 140 valence electrons. The third-order valence-electron chi connectivity index (χ3n) is 3.12. The molecule has 2 rings (SSSR count). The first kappa shape index (κ1) is 20.9. The van der Waals surface area contributed by atoms with Gasteiger partial charge in [0.2, 0.25) is 5.91 Å². The molecule has 1 heterocycles. The van der Waals surface area contributed by atoms with Crippen molar-refractivity contribution in [3.63, 3.8) is 0 Å². The smallest absolute Gasteiger partial charge is 0.273 e. The van der Waals surface area contributed by atoms with Crippen molar-refractivity contribution in [2.45, 2.75) is 46.3 Å². The van der Waals surface area contributed by atoms with Crippen molar-refractivity contribution in [1.29, 1.82) is 0 Å². The number of non-ortho nitro benzene ring substituents is 1. The molecule has 0 radical (unpaired) electrons. The van der Waals surface area contributed by atoms with Gasteiger partial charge in [-0.25, -0.2) is 0 Å². The molecule has 0 bridgehead atoms. The third-order valence-corrected chi connectivity index (χ3v) is 3.12. The van der Waals surface area contributed by atoms with Gasteiger partial charge in [0.15, 0.2) is 0 Å². The molecule has 0 spiro atoms. The summed E-state index contributed by atoms with van der Waals surface area (Å²) >= 11 is 0. The molecule has 1 fully saturated rings. The van der Waals surface area contributed by atoms with Crippen LogP contribution in [0.15, 0.2) is 30.5 Å². The van der Waals surface area contributed by atoms with E-state index < -0.39 is 10.8 Å². The Balaban J connectivity index is 0.00000151. The number of rotatable bonds is 7. The van der Waals surface area contributed by atoms with Gasteiger partial charge in [0.05, 0.1) is 23.4 Å². The van der Waals surface area contributed by atoms with Gasteiger partial charge in [-0.3, -0.25) is 15.8 Å². The van der Waals surface area contributed by atoms with E-state index in [1.807, 2.05) is 13.8 Å². The number of ether oxygens (including phenoxy) is 4. The number of hydrogen-bond donors (Lipinski definition) is 1. The fourth-order valence-corrected chi connectivity index (χ4v) is 2.03. The van der Waals surface area contributed by atoms with E-state index in [9.17, 15) is 10.1 Å². The van der Waals surface area contributed by atoms with Crippen molar-refractivity contribution >= 4 is 5.69 Å². The summed E-state index contributed by atoms with van der Waals surface area (Å²) in [5.74, 6) is -0.238. The molecule has 2 unspecified atom stereocenters. The molecule has 1 aliphatic rings. The Labute approximate surface area is 147 Å². The van der Waals surface area contributed by atoms with Crippen molar-refractivity contribution in [2.75, 3.05) is 13.2 Å². The van der Waals surface area contributed by atoms with Gasteiger partial charge in [0.25, 0.3) is 5.69 Å². The minimum Gasteiger partial charge on any atom is -0.494 e. The minimum atomic E-state index is -1.14. The van der Waals surface area contributed by atoms with Crippen LogP contribution in [0.2, 0.25) is 0 Å². The largest absolute Gasteiger partial charge is 0.494 e. The van der Waals surface area contributed by atoms with Crippen LogP contribution in [0, 0.1) is 10.1 Å². The SMILES string of the molecule is C=C(C)OCc1ccc([N+](=O)[O-])cc1OCC1COC(C)(N)O1.CC. The number of nitrogens with zero attached hydrogens (tertiary/aromatic N) is 1. The normalized spacial score (nSPS) is 21.9. The number of nitro benzene ring substituents is 1. The molecule has 1 aliphatic heterocycles. The topological polar surface area (TPSA) is 106 Å². The zero-order chi connectivity index (χ0) is 19.0. The van der Waals surface area contributed by atoms with Crippen molar-refractivity contribution in [3.8, 4) is 5.75 Å². The summed E-state index contributed by atoms with van der Waals surface area (Å²) in [7, 11) is 0. The van der Waals surface area contributed by atoms with Gasteiger partial charge < -0.3 is 18.9 Å². The highest BCUT2D eigenvalue weighted by molar-refractivity contribution is 5.44. The van der Waals surface area contributed by atoms with Gasteiger partial charge in [-0.2, -0.15) is 0 Å². The molecule has 8 nitrogen and oxygen atoms in total. The fraction of sp³-hybridized carbons (Fsp3) is 0.529. The zero-order valence-corrected chi connectivity index (χ0v) is 15.1. The van der Waals surface area contributed by atoms with E-state index >= 15 is 0 Å². The van der Waals surface area contributed by atoms with E-state index in [-0.39, 0.29) is 25.0 Å². The van der Waals surface area contributed by atoms with Gasteiger partial charge in [-0.1, -0.05) is 20.4 Å². The van der Waals surface area contributed by atoms with Crippen LogP contribution >= 0.6 is 0 Å². The summed E-state index contributed by atoms with van der Waals surface area (Å²) in [6.07, 6.45) is -0.348. The van der Waals surface area contributed by atoms with Crippen LogP contribution in [0.5, 0.6) is 5.75 Å². The maximum Gasteiger partial charge on any atom is 0.273 e. The molecule has 2 atom stereocenters. The summed E-state index contributed by atoms with van der Waals surface area (Å²) in [5.41, 5.74) is 6.30. The first-order chi connectivity index (χ1) is 11.8. The van der Waals surface area contributed by atoms with Crippen LogP contribution in [0.3, 0.4) is 0 Å². The quantitative estimate of drug-likeness (QED) is 0.455. The van der Waals surface area contributed by atoms with Crippen molar-refractivity contribution in [3.05, 3.63) is 46.2 Å². The van der Waals surface area contributed by atoms with Crippen molar-refractivity contribution in [1.82, 2.24) is 0 Å². The first-order valence-electron chi connectivity index (χ1n) is 8.06. The predicted octanol–water partition coefficient (Wildman–Crippen LogP) is 3.10. The molecule has 0 amide bonds. The summed E-state index contributed by atoms with van der Waals surface area (Å²) < 4.78 is 21.7. The highest BCUT2D eigenvalue weighted by Crippen LogP contribution is 2.27. The highest BCUT2D eigenvalue weighted by Gasteiger charge is 2.34. The van der Waals surface area contributed by atoms with E-state index in [4.69, 9.17) is 24.7 Å². The summed E-state index contributed by atoms with van der Waals surface area (Å²) in [5, 5.41) is 10.9. The molecular weight excluding hydrogens is 328 g/mol. The molecular formula is C17H26N2O6. The number of hydrogen-bond acceptors (Lipinski definition) is 7. The standard InChI is InChI=1S/C15H20N2O6.C2H6/c1-10(2)20-7-11-4-5-12(17(18)19)6-14(11)21-8-13-9-22-15(3,16)23-13;1-2/h4-6,13H,1,7-9,16H2,2-3H3;1-2H3. The second-order valence-corrected chi connectivity index (χ2v) is 5.42. The van der Waals surface area contributed by atoms with Crippen LogP contribution in [0.1, 0.15) is 33.3 Å². The average Bonchev–Trinajstić information content (AvgIpc) is 2.92. The Kier molecular flexibility index (Phi) is 7.82. The summed E-state index contributed by atoms with van der Waals surface area (Å²) in [4.78, 5) is 10.4. The molecule has 25 heavy (non-hydrogen) atoms. The number of benzene rings is 1. The Bertz CT molecular complexity index is 603. The first-order valence-corrected chi connectivity index (χ1v) is 8.06. The minimum absolute atomic E-state index is 0.0636. The van der Waals surface area contributed by atoms with Crippen LogP contribution < -0.4 is 10.5 Å². The third kappa shape index (κ3) is 6.69. The van der Waals surface area contributed by atoms with E-state index in [1.165, 1.54) is 12.1 Å². The summed E-state index contributed by atoms with van der Waals surface area (Å²) in [6.45, 7) is 11.6. The van der Waals surface area contributed by atoms with Crippen LogP contribution in [-0.4, -0.2) is 30.2 Å². The molecule has 1 saturated heterocycles. The number of allylic oxidation sites excluding steroid dienone is 1. The molecule has 0 saturated carbocycles. The van der Waals surface area contributed by atoms with Gasteiger partial charge in [-0.05, 0) is 13.0 Å². The lowest BCUT2D eigenvalue weighted by molar-refractivity contribution is -0.385. The molecule has 1 aromatic carbocycles. The molecule has 0 aliphatic carbocycles. The lowest BCUT2D eigenvalue weighted by Crippen LogP contribution is -2.38. The Morgan fingerprint density at radius 2 is 2.20 bits per heavy atom. The fourth-order valence-electron chi connectivity index (χ4n) is 2.03. The molecule has 0 aromatic heterocycles. The van der Waals surface area contributed by atoms with Gasteiger partial charge in [0.1, 0.15) is 25.1 Å². The lowest BCUT2D eigenvalue weighted by Gasteiger charge is -2.18. The van der Waals surface area contributed by atoms with Gasteiger partial charge >= 0.3 is 0 Å². The maximum absolute atomic E-state index is 10.9. The molecule has 1 aromatic rings. The Hall–Kier alpha value is -2.16. The van der Waals surface area contributed by atoms with E-state index in [2.05, 4.69) is 6.58 Å². The van der Waals surface area contributed by atoms with E-state index in [0.29, 0.717) is 23.7 Å². The van der Waals surface area contributed by atoms with Crippen LogP contribution in [0.4, 0.5) is 5.69 Å². The van der Waals surface area contributed by atoms with E-state index in [0.717, 1.165) is 0 Å². The van der Waals surface area contributed by atoms with Gasteiger partial charge in [-0.15, -0.1) is 0 Å².